The van der Waals surface area contributed by atoms with Crippen molar-refractivity contribution in [3.05, 3.63) is 38.2 Å². The highest BCUT2D eigenvalue weighted by atomic mass is 32.2. The predicted octanol–water partition coefficient (Wildman–Crippen LogP) is 2.65. The van der Waals surface area contributed by atoms with Crippen molar-refractivity contribution in [2.24, 2.45) is 0 Å². The Kier molecular flexibility index (Phi) is 4.42. The molecule has 2 N–H and O–H groups in total. The number of rotatable bonds is 5. The summed E-state index contributed by atoms with van der Waals surface area (Å²) in [5.41, 5.74) is 0.948. The number of aliphatic hydroxyl groups excluding tert-OH is 1. The molecule has 7 heteroatoms. The quantitative estimate of drug-likeness (QED) is 0.891. The molecule has 4 nitrogen and oxygen atoms in total. The molecular formula is C12H15NO3S3. The van der Waals surface area contributed by atoms with Gasteiger partial charge in [-0.25, -0.2) is 13.1 Å². The van der Waals surface area contributed by atoms with E-state index in [1.807, 2.05) is 23.8 Å². The molecule has 0 aromatic carbocycles. The maximum atomic E-state index is 12.3. The number of sulfonamides is 1. The molecule has 2 aromatic heterocycles. The number of aliphatic hydroxyl groups is 1. The van der Waals surface area contributed by atoms with Crippen LogP contribution in [0.2, 0.25) is 0 Å². The van der Waals surface area contributed by atoms with Gasteiger partial charge in [0.05, 0.1) is 11.5 Å². The Morgan fingerprint density at radius 1 is 1.47 bits per heavy atom. The van der Waals surface area contributed by atoms with Crippen LogP contribution in [0.5, 0.6) is 0 Å². The Bertz CT molecular complexity index is 644. The van der Waals surface area contributed by atoms with Crippen molar-refractivity contribution in [2.75, 3.05) is 0 Å². The summed E-state index contributed by atoms with van der Waals surface area (Å²) in [6.45, 7) is 3.42. The third-order valence-corrected chi connectivity index (χ3v) is 6.28. The van der Waals surface area contributed by atoms with Gasteiger partial charge in [-0.1, -0.05) is 0 Å². The van der Waals surface area contributed by atoms with Gasteiger partial charge in [-0.15, -0.1) is 11.3 Å². The maximum Gasteiger partial charge on any atom is 0.242 e. The van der Waals surface area contributed by atoms with Crippen LogP contribution in [0.25, 0.3) is 0 Å². The second-order valence-electron chi connectivity index (χ2n) is 4.19. The molecule has 0 aliphatic heterocycles. The second-order valence-corrected chi connectivity index (χ2v) is 7.99. The number of hydrogen-bond donors (Lipinski definition) is 2. The van der Waals surface area contributed by atoms with Crippen LogP contribution in [0, 0.1) is 6.92 Å². The van der Waals surface area contributed by atoms with Crippen LogP contribution < -0.4 is 4.72 Å². The van der Waals surface area contributed by atoms with E-state index in [9.17, 15) is 8.42 Å². The van der Waals surface area contributed by atoms with Gasteiger partial charge in [0.2, 0.25) is 10.0 Å². The molecule has 1 unspecified atom stereocenters. The molecule has 0 amide bonds. The highest BCUT2D eigenvalue weighted by Crippen LogP contribution is 2.27. The van der Waals surface area contributed by atoms with Crippen molar-refractivity contribution in [3.63, 3.8) is 0 Å². The number of aryl methyl sites for hydroxylation is 1. The zero-order valence-electron chi connectivity index (χ0n) is 10.6. The Morgan fingerprint density at radius 3 is 2.74 bits per heavy atom. The average Bonchev–Trinajstić information content (AvgIpc) is 2.96. The molecule has 2 rings (SSSR count). The molecule has 2 heterocycles. The summed E-state index contributed by atoms with van der Waals surface area (Å²) < 4.78 is 27.3. The molecule has 0 spiro atoms. The average molecular weight is 317 g/mol. The SMILES string of the molecule is Cc1sc(CO)cc1S(=O)(=O)NC(C)c1ccsc1. The van der Waals surface area contributed by atoms with E-state index in [1.54, 1.807) is 6.92 Å². The van der Waals surface area contributed by atoms with Crippen molar-refractivity contribution in [1.29, 1.82) is 0 Å². The van der Waals surface area contributed by atoms with Crippen LogP contribution in [-0.2, 0) is 16.6 Å². The molecule has 0 saturated carbocycles. The van der Waals surface area contributed by atoms with Crippen molar-refractivity contribution in [3.8, 4) is 0 Å². The van der Waals surface area contributed by atoms with E-state index in [4.69, 9.17) is 5.11 Å². The zero-order valence-corrected chi connectivity index (χ0v) is 13.0. The number of hydrogen-bond acceptors (Lipinski definition) is 5. The zero-order chi connectivity index (χ0) is 14.0. The summed E-state index contributed by atoms with van der Waals surface area (Å²) in [6.07, 6.45) is 0. The molecule has 0 saturated heterocycles. The molecule has 104 valence electrons. The van der Waals surface area contributed by atoms with E-state index >= 15 is 0 Å². The predicted molar refractivity (Wildman–Crippen MR) is 78.0 cm³/mol. The monoisotopic (exact) mass is 317 g/mol. The van der Waals surface area contributed by atoms with Crippen molar-refractivity contribution >= 4 is 32.7 Å². The van der Waals surface area contributed by atoms with Gasteiger partial charge in [-0.05, 0) is 42.3 Å². The summed E-state index contributed by atoms with van der Waals surface area (Å²) in [5.74, 6) is 0. The van der Waals surface area contributed by atoms with Gasteiger partial charge in [-0.3, -0.25) is 0 Å². The van der Waals surface area contributed by atoms with Gasteiger partial charge >= 0.3 is 0 Å². The van der Waals surface area contributed by atoms with E-state index in [0.29, 0.717) is 9.75 Å². The largest absolute Gasteiger partial charge is 0.391 e. The Labute approximate surface area is 120 Å². The van der Waals surface area contributed by atoms with Gasteiger partial charge in [0.1, 0.15) is 0 Å². The lowest BCUT2D eigenvalue weighted by atomic mass is 10.2. The second kappa shape index (κ2) is 5.72. The topological polar surface area (TPSA) is 66.4 Å². The molecule has 0 radical (unpaired) electrons. The van der Waals surface area contributed by atoms with Crippen LogP contribution in [0.4, 0.5) is 0 Å². The van der Waals surface area contributed by atoms with Crippen LogP contribution >= 0.6 is 22.7 Å². The number of thiophene rings is 2. The van der Waals surface area contributed by atoms with E-state index in [1.165, 1.54) is 28.7 Å². The third-order valence-electron chi connectivity index (χ3n) is 2.74. The Morgan fingerprint density at radius 2 is 2.21 bits per heavy atom. The van der Waals surface area contributed by atoms with Gasteiger partial charge in [0.25, 0.3) is 0 Å². The lowest BCUT2D eigenvalue weighted by molar-refractivity contribution is 0.285. The fourth-order valence-electron chi connectivity index (χ4n) is 1.75. The smallest absolute Gasteiger partial charge is 0.242 e. The first-order valence-corrected chi connectivity index (χ1v) is 8.93. The third kappa shape index (κ3) is 3.24. The minimum Gasteiger partial charge on any atom is -0.391 e. The summed E-state index contributed by atoms with van der Waals surface area (Å²) in [7, 11) is -3.55. The molecule has 0 aliphatic rings. The van der Waals surface area contributed by atoms with E-state index < -0.39 is 10.0 Å². The molecule has 19 heavy (non-hydrogen) atoms. The summed E-state index contributed by atoms with van der Waals surface area (Å²) in [5, 5.41) is 12.9. The lowest BCUT2D eigenvalue weighted by Gasteiger charge is -2.12. The lowest BCUT2D eigenvalue weighted by Crippen LogP contribution is -2.26. The first kappa shape index (κ1) is 14.7. The summed E-state index contributed by atoms with van der Waals surface area (Å²) in [4.78, 5) is 1.60. The van der Waals surface area contributed by atoms with Gasteiger partial charge < -0.3 is 5.11 Å². The van der Waals surface area contributed by atoms with Gasteiger partial charge in [0, 0.05) is 15.8 Å². The van der Waals surface area contributed by atoms with E-state index in [2.05, 4.69) is 4.72 Å². The number of nitrogens with one attached hydrogen (secondary N) is 1. The first-order chi connectivity index (χ1) is 8.94. The van der Waals surface area contributed by atoms with Crippen molar-refractivity contribution in [1.82, 2.24) is 4.72 Å². The van der Waals surface area contributed by atoms with E-state index in [0.717, 1.165) is 5.56 Å². The van der Waals surface area contributed by atoms with Gasteiger partial charge in [0.15, 0.2) is 0 Å². The fraction of sp³-hybridized carbons (Fsp3) is 0.333. The van der Waals surface area contributed by atoms with Crippen LogP contribution in [-0.4, -0.2) is 13.5 Å². The highest BCUT2D eigenvalue weighted by molar-refractivity contribution is 7.89. The van der Waals surface area contributed by atoms with Crippen LogP contribution in [0.15, 0.2) is 27.8 Å². The van der Waals surface area contributed by atoms with Gasteiger partial charge in [-0.2, -0.15) is 11.3 Å². The minimum atomic E-state index is -3.55. The summed E-state index contributed by atoms with van der Waals surface area (Å²) in [6, 6.07) is 3.16. The Hall–Kier alpha value is -0.730. The normalized spacial score (nSPS) is 13.6. The minimum absolute atomic E-state index is 0.138. The summed E-state index contributed by atoms with van der Waals surface area (Å²) >= 11 is 2.83. The highest BCUT2D eigenvalue weighted by Gasteiger charge is 2.22. The fourth-order valence-corrected chi connectivity index (χ4v) is 5.24. The van der Waals surface area contributed by atoms with Crippen LogP contribution in [0.3, 0.4) is 0 Å². The van der Waals surface area contributed by atoms with E-state index in [-0.39, 0.29) is 17.5 Å². The molecule has 2 aromatic rings. The Balaban J connectivity index is 2.25. The van der Waals surface area contributed by atoms with Crippen molar-refractivity contribution in [2.45, 2.75) is 31.4 Å². The van der Waals surface area contributed by atoms with Crippen LogP contribution in [0.1, 0.15) is 28.3 Å². The molecule has 1 atom stereocenters. The molecule has 0 bridgehead atoms. The maximum absolute atomic E-state index is 12.3. The first-order valence-electron chi connectivity index (χ1n) is 5.68. The molecular weight excluding hydrogens is 302 g/mol. The standard InChI is InChI=1S/C12H15NO3S3/c1-8(10-3-4-17-7-10)13-19(15,16)12-5-11(6-14)18-9(12)2/h3-5,7-8,13-14H,6H2,1-2H3. The molecule has 0 aliphatic carbocycles. The molecule has 0 fully saturated rings. The van der Waals surface area contributed by atoms with Crippen molar-refractivity contribution < 1.29 is 13.5 Å².